The third-order valence-corrected chi connectivity index (χ3v) is 6.65. The van der Waals surface area contributed by atoms with Crippen molar-refractivity contribution in [3.05, 3.63) is 33.4 Å². The Balaban J connectivity index is 1.87. The first kappa shape index (κ1) is 23.8. The van der Waals surface area contributed by atoms with Gasteiger partial charge in [-0.25, -0.2) is 9.18 Å². The molecule has 2 aliphatic rings. The van der Waals surface area contributed by atoms with Crippen LogP contribution in [0.4, 0.5) is 28.9 Å². The van der Waals surface area contributed by atoms with Crippen molar-refractivity contribution in [2.24, 2.45) is 5.41 Å². The predicted molar refractivity (Wildman–Crippen MR) is 117 cm³/mol. The summed E-state index contributed by atoms with van der Waals surface area (Å²) in [6, 6.07) is -1.01. The first-order chi connectivity index (χ1) is 15.6. The number of carbonyl (C=O) groups excluding carboxylic acids is 1. The Labute approximate surface area is 191 Å². The van der Waals surface area contributed by atoms with Crippen LogP contribution in [-0.4, -0.2) is 46.9 Å². The minimum atomic E-state index is -5.06. The van der Waals surface area contributed by atoms with Gasteiger partial charge in [-0.2, -0.15) is 13.2 Å². The molecule has 4 rings (SSSR count). The van der Waals surface area contributed by atoms with E-state index >= 15 is 4.39 Å². The average molecular weight is 484 g/mol. The highest BCUT2D eigenvalue weighted by molar-refractivity contribution is 6.01. The molecule has 184 valence electrons. The van der Waals surface area contributed by atoms with E-state index in [1.807, 2.05) is 5.32 Å². The van der Waals surface area contributed by atoms with Gasteiger partial charge in [-0.3, -0.25) is 9.59 Å². The smallest absolute Gasteiger partial charge is 0.471 e. The highest BCUT2D eigenvalue weighted by atomic mass is 19.4. The SMILES string of the molecule is Cc1c(N2CC(NC(=O)C(F)(F)F)C(C)(C)C2)c(F)c(N)c2c(=O)c(C(=O)O)cn(C3CC3)c12. The largest absolute Gasteiger partial charge is 0.477 e. The summed E-state index contributed by atoms with van der Waals surface area (Å²) in [5.74, 6) is -4.48. The second-order valence-corrected chi connectivity index (χ2v) is 9.63. The van der Waals surface area contributed by atoms with E-state index in [4.69, 9.17) is 5.73 Å². The Morgan fingerprint density at radius 2 is 1.88 bits per heavy atom. The van der Waals surface area contributed by atoms with Crippen LogP contribution >= 0.6 is 0 Å². The minimum Gasteiger partial charge on any atom is -0.477 e. The first-order valence-electron chi connectivity index (χ1n) is 10.7. The lowest BCUT2D eigenvalue weighted by Gasteiger charge is -2.27. The summed E-state index contributed by atoms with van der Waals surface area (Å²) in [5, 5.41) is 11.2. The lowest BCUT2D eigenvalue weighted by molar-refractivity contribution is -0.174. The van der Waals surface area contributed by atoms with Gasteiger partial charge in [-0.05, 0) is 25.3 Å². The number of hydrogen-bond donors (Lipinski definition) is 3. The van der Waals surface area contributed by atoms with Gasteiger partial charge in [0.25, 0.3) is 0 Å². The summed E-state index contributed by atoms with van der Waals surface area (Å²) in [7, 11) is 0. The van der Waals surface area contributed by atoms with E-state index in [1.165, 1.54) is 11.1 Å². The highest BCUT2D eigenvalue weighted by Crippen LogP contribution is 2.44. The number of rotatable bonds is 4. The number of hydrogen-bond acceptors (Lipinski definition) is 5. The van der Waals surface area contributed by atoms with Crippen LogP contribution in [0.1, 0.15) is 48.7 Å². The van der Waals surface area contributed by atoms with E-state index in [1.54, 1.807) is 25.3 Å². The molecule has 12 heteroatoms. The molecule has 1 aromatic heterocycles. The molecule has 1 aliphatic carbocycles. The van der Waals surface area contributed by atoms with E-state index in [9.17, 15) is 32.7 Å². The molecule has 2 aromatic rings. The fourth-order valence-electron chi connectivity index (χ4n) is 4.73. The van der Waals surface area contributed by atoms with Gasteiger partial charge in [0.05, 0.1) is 28.3 Å². The van der Waals surface area contributed by atoms with Crippen molar-refractivity contribution in [3.8, 4) is 0 Å². The quantitative estimate of drug-likeness (QED) is 0.454. The highest BCUT2D eigenvalue weighted by Gasteiger charge is 2.47. The van der Waals surface area contributed by atoms with E-state index in [-0.39, 0.29) is 30.2 Å². The number of alkyl halides is 3. The van der Waals surface area contributed by atoms with Crippen LogP contribution in [0.2, 0.25) is 0 Å². The van der Waals surface area contributed by atoms with Crippen molar-refractivity contribution in [1.29, 1.82) is 0 Å². The lowest BCUT2D eigenvalue weighted by Crippen LogP contribution is -2.49. The molecule has 2 fully saturated rings. The van der Waals surface area contributed by atoms with Crippen LogP contribution in [0.3, 0.4) is 0 Å². The number of carboxylic acids is 1. The van der Waals surface area contributed by atoms with Gasteiger partial charge in [0.2, 0.25) is 5.43 Å². The van der Waals surface area contributed by atoms with Crippen molar-refractivity contribution in [2.45, 2.75) is 51.9 Å². The molecule has 2 heterocycles. The third-order valence-electron chi connectivity index (χ3n) is 6.65. The van der Waals surface area contributed by atoms with Gasteiger partial charge in [-0.15, -0.1) is 0 Å². The van der Waals surface area contributed by atoms with Crippen molar-refractivity contribution in [1.82, 2.24) is 9.88 Å². The maximum atomic E-state index is 15.6. The summed E-state index contributed by atoms with van der Waals surface area (Å²) < 4.78 is 55.7. The molecule has 8 nitrogen and oxygen atoms in total. The maximum Gasteiger partial charge on any atom is 0.471 e. The number of nitrogens with two attached hydrogens (primary N) is 1. The van der Waals surface area contributed by atoms with Gasteiger partial charge < -0.3 is 25.6 Å². The molecule has 0 bridgehead atoms. The number of nitrogens with zero attached hydrogens (tertiary/aromatic N) is 2. The van der Waals surface area contributed by atoms with Crippen LogP contribution in [0, 0.1) is 18.2 Å². The number of aromatic nitrogens is 1. The number of pyridine rings is 1. The molecule has 1 atom stereocenters. The number of carboxylic acid groups (broad SMARTS) is 1. The second kappa shape index (κ2) is 7.60. The van der Waals surface area contributed by atoms with Gasteiger partial charge in [0.1, 0.15) is 5.56 Å². The van der Waals surface area contributed by atoms with Crippen molar-refractivity contribution < 1.29 is 32.3 Å². The predicted octanol–water partition coefficient (Wildman–Crippen LogP) is 2.96. The van der Waals surface area contributed by atoms with E-state index in [0.717, 1.165) is 12.8 Å². The molecule has 0 radical (unpaired) electrons. The third kappa shape index (κ3) is 3.74. The molecule has 4 N–H and O–H groups in total. The van der Waals surface area contributed by atoms with Gasteiger partial charge in [0.15, 0.2) is 5.82 Å². The van der Waals surface area contributed by atoms with Gasteiger partial charge in [0, 0.05) is 30.7 Å². The summed E-state index contributed by atoms with van der Waals surface area (Å²) in [5.41, 5.74) is 3.89. The van der Waals surface area contributed by atoms with Gasteiger partial charge >= 0.3 is 18.1 Å². The molecular weight excluding hydrogens is 460 g/mol. The Morgan fingerprint density at radius 3 is 2.41 bits per heavy atom. The summed E-state index contributed by atoms with van der Waals surface area (Å²) in [6.07, 6.45) is -2.34. The number of aromatic carboxylic acids is 1. The zero-order valence-electron chi connectivity index (χ0n) is 18.7. The van der Waals surface area contributed by atoms with Crippen LogP contribution < -0.4 is 21.4 Å². The zero-order valence-corrected chi connectivity index (χ0v) is 18.7. The first-order valence-corrected chi connectivity index (χ1v) is 10.7. The number of amides is 1. The number of nitrogens with one attached hydrogen (secondary N) is 1. The van der Waals surface area contributed by atoms with E-state index in [2.05, 4.69) is 0 Å². The fourth-order valence-corrected chi connectivity index (χ4v) is 4.73. The standard InChI is InChI=1S/C22H24F4N4O4/c1-9-16-13(18(31)11(19(32)33)6-30(16)10-4-5-10)15(27)14(23)17(9)29-7-12(21(2,3)8-29)28-20(34)22(24,25)26/h6,10,12H,4-5,7-8,27H2,1-3H3,(H,28,34)(H,32,33). The lowest BCUT2D eigenvalue weighted by atomic mass is 9.88. The molecular formula is C22H24F4N4O4. The number of benzene rings is 1. The van der Waals surface area contributed by atoms with Crippen LogP contribution in [-0.2, 0) is 4.79 Å². The number of carbonyl (C=O) groups is 2. The number of nitrogen functional groups attached to an aromatic ring is 1. The van der Waals surface area contributed by atoms with Crippen LogP contribution in [0.15, 0.2) is 11.0 Å². The van der Waals surface area contributed by atoms with Crippen LogP contribution in [0.25, 0.3) is 10.9 Å². The monoisotopic (exact) mass is 484 g/mol. The Hall–Kier alpha value is -3.31. The normalized spacial score (nSPS) is 20.1. The average Bonchev–Trinajstić information content (AvgIpc) is 3.50. The Morgan fingerprint density at radius 1 is 1.26 bits per heavy atom. The Bertz CT molecular complexity index is 1280. The topological polar surface area (TPSA) is 118 Å². The molecule has 1 saturated heterocycles. The maximum absolute atomic E-state index is 15.6. The number of aryl methyl sites for hydroxylation is 1. The molecule has 34 heavy (non-hydrogen) atoms. The molecule has 1 unspecified atom stereocenters. The Kier molecular flexibility index (Phi) is 5.33. The second-order valence-electron chi connectivity index (χ2n) is 9.63. The van der Waals surface area contributed by atoms with Crippen molar-refractivity contribution >= 4 is 34.2 Å². The van der Waals surface area contributed by atoms with Gasteiger partial charge in [-0.1, -0.05) is 13.8 Å². The number of halogens is 4. The molecule has 1 aliphatic heterocycles. The van der Waals surface area contributed by atoms with Crippen molar-refractivity contribution in [2.75, 3.05) is 23.7 Å². The molecule has 1 aromatic carbocycles. The van der Waals surface area contributed by atoms with Crippen molar-refractivity contribution in [3.63, 3.8) is 0 Å². The fraction of sp³-hybridized carbons (Fsp3) is 0.500. The minimum absolute atomic E-state index is 0.0127. The molecule has 0 spiro atoms. The van der Waals surface area contributed by atoms with Crippen LogP contribution in [0.5, 0.6) is 0 Å². The number of anilines is 2. The zero-order chi connectivity index (χ0) is 25.3. The summed E-state index contributed by atoms with van der Waals surface area (Å²) in [6.45, 7) is 4.88. The number of fused-ring (bicyclic) bond motifs is 1. The van der Waals surface area contributed by atoms with E-state index in [0.29, 0.717) is 11.1 Å². The molecule has 1 amide bonds. The summed E-state index contributed by atoms with van der Waals surface area (Å²) >= 11 is 0. The summed E-state index contributed by atoms with van der Waals surface area (Å²) in [4.78, 5) is 37.5. The molecule has 1 saturated carbocycles. The van der Waals surface area contributed by atoms with E-state index < -0.39 is 52.0 Å².